The van der Waals surface area contributed by atoms with Crippen LogP contribution in [0.4, 0.5) is 21.5 Å². The maximum atomic E-state index is 13.5. The molecule has 0 spiro atoms. The molecule has 7 nitrogen and oxygen atoms in total. The normalized spacial score (nSPS) is 14.3. The number of rotatable bonds is 7. The number of benzene rings is 2. The molecule has 0 amide bonds. The Balaban J connectivity index is 1.53. The summed E-state index contributed by atoms with van der Waals surface area (Å²) in [5, 5.41) is 13.3. The van der Waals surface area contributed by atoms with E-state index in [2.05, 4.69) is 21.3 Å². The predicted molar refractivity (Wildman–Crippen MR) is 123 cm³/mol. The number of nitrogen functional groups attached to an aromatic ring is 1. The van der Waals surface area contributed by atoms with Crippen LogP contribution in [0.2, 0.25) is 5.02 Å². The number of fused-ring (bicyclic) bond motifs is 1. The van der Waals surface area contributed by atoms with Crippen molar-refractivity contribution >= 4 is 39.6 Å². The summed E-state index contributed by atoms with van der Waals surface area (Å²) in [6.45, 7) is 4.90. The Morgan fingerprint density at radius 2 is 2.09 bits per heavy atom. The Kier molecular flexibility index (Phi) is 6.90. The number of nitrogens with one attached hydrogen (secondary N) is 1. The van der Waals surface area contributed by atoms with Gasteiger partial charge in [-0.25, -0.2) is 4.39 Å². The molecule has 1 aliphatic rings. The van der Waals surface area contributed by atoms with Crippen molar-refractivity contribution in [2.45, 2.75) is 6.42 Å². The van der Waals surface area contributed by atoms with Crippen LogP contribution in [-0.2, 0) is 4.74 Å². The molecule has 0 radical (unpaired) electrons. The molecule has 1 aliphatic heterocycles. The van der Waals surface area contributed by atoms with Crippen LogP contribution in [0.15, 0.2) is 36.5 Å². The Labute approximate surface area is 190 Å². The Bertz CT molecular complexity index is 1160. The topological polar surface area (TPSA) is 96.4 Å². The minimum Gasteiger partial charge on any atom is -0.491 e. The number of morpholine rings is 1. The molecule has 0 aliphatic carbocycles. The number of nitrogens with zero attached hydrogens (tertiary/aromatic N) is 3. The molecule has 1 aromatic heterocycles. The molecule has 0 unspecified atom stereocenters. The summed E-state index contributed by atoms with van der Waals surface area (Å²) in [5.41, 5.74) is 8.71. The van der Waals surface area contributed by atoms with Gasteiger partial charge in [-0.05, 0) is 30.7 Å². The number of hydrogen-bond acceptors (Lipinski definition) is 7. The van der Waals surface area contributed by atoms with E-state index in [0.717, 1.165) is 39.3 Å². The van der Waals surface area contributed by atoms with Gasteiger partial charge in [-0.3, -0.25) is 9.88 Å². The molecule has 2 aromatic carbocycles. The number of nitrogens with two attached hydrogens (primary N) is 1. The lowest BCUT2D eigenvalue weighted by atomic mass is 10.1. The molecule has 4 rings (SSSR count). The average molecular weight is 456 g/mol. The third kappa shape index (κ3) is 5.02. The average Bonchev–Trinajstić information content (AvgIpc) is 2.80. The van der Waals surface area contributed by atoms with Crippen LogP contribution in [0.3, 0.4) is 0 Å². The van der Waals surface area contributed by atoms with Crippen molar-refractivity contribution in [3.63, 3.8) is 0 Å². The molecule has 9 heteroatoms. The van der Waals surface area contributed by atoms with Gasteiger partial charge in [0.25, 0.3) is 0 Å². The molecule has 1 fully saturated rings. The maximum Gasteiger partial charge on any atom is 0.144 e. The first kappa shape index (κ1) is 22.1. The molecule has 1 saturated heterocycles. The summed E-state index contributed by atoms with van der Waals surface area (Å²) in [6.07, 6.45) is 2.35. The number of halogens is 2. The smallest absolute Gasteiger partial charge is 0.144 e. The number of nitriles is 1. The second-order valence-corrected chi connectivity index (χ2v) is 7.88. The highest BCUT2D eigenvalue weighted by atomic mass is 35.5. The summed E-state index contributed by atoms with van der Waals surface area (Å²) in [7, 11) is 0. The van der Waals surface area contributed by atoms with E-state index in [0.29, 0.717) is 45.9 Å². The zero-order chi connectivity index (χ0) is 22.5. The van der Waals surface area contributed by atoms with E-state index in [1.807, 2.05) is 0 Å². The fourth-order valence-electron chi connectivity index (χ4n) is 3.59. The molecule has 32 heavy (non-hydrogen) atoms. The molecular weight excluding hydrogens is 433 g/mol. The summed E-state index contributed by atoms with van der Waals surface area (Å²) in [6, 6.07) is 9.89. The molecule has 3 aromatic rings. The van der Waals surface area contributed by atoms with Crippen molar-refractivity contribution in [3.8, 4) is 11.8 Å². The number of anilines is 3. The zero-order valence-corrected chi connectivity index (χ0v) is 18.2. The molecule has 3 N–H and O–H groups in total. The molecule has 166 valence electrons. The molecule has 2 heterocycles. The van der Waals surface area contributed by atoms with Crippen molar-refractivity contribution in [1.82, 2.24) is 9.88 Å². The molecular formula is C23H23ClFN5O2. The lowest BCUT2D eigenvalue weighted by Crippen LogP contribution is -2.37. The third-order valence-corrected chi connectivity index (χ3v) is 5.58. The Morgan fingerprint density at radius 3 is 2.84 bits per heavy atom. The standard InChI is InChI=1S/C23H23ClFN5O2/c24-18-10-16(2-3-19(18)25)29-23-15(13-26)14-28-21-12-22(20(27)11-17(21)23)32-7-1-4-30-5-8-31-9-6-30/h2-3,10-12,14H,1,4-9,27H2,(H,28,29). The van der Waals surface area contributed by atoms with E-state index < -0.39 is 5.82 Å². The van der Waals surface area contributed by atoms with Crippen molar-refractivity contribution in [2.75, 3.05) is 50.5 Å². The van der Waals surface area contributed by atoms with Gasteiger partial charge >= 0.3 is 0 Å². The van der Waals surface area contributed by atoms with Crippen LogP contribution in [0.5, 0.6) is 5.75 Å². The van der Waals surface area contributed by atoms with Crippen molar-refractivity contribution in [1.29, 1.82) is 5.26 Å². The van der Waals surface area contributed by atoms with Crippen LogP contribution in [0.1, 0.15) is 12.0 Å². The van der Waals surface area contributed by atoms with Gasteiger partial charge in [0.15, 0.2) is 0 Å². The minimum absolute atomic E-state index is 0.0147. The fraction of sp³-hybridized carbons (Fsp3) is 0.304. The van der Waals surface area contributed by atoms with Gasteiger partial charge < -0.3 is 20.5 Å². The lowest BCUT2D eigenvalue weighted by Gasteiger charge is -2.26. The summed E-state index contributed by atoms with van der Waals surface area (Å²) in [5.74, 6) is 0.0319. The number of hydrogen-bond donors (Lipinski definition) is 2. The van der Waals surface area contributed by atoms with Gasteiger partial charge in [0.2, 0.25) is 0 Å². The minimum atomic E-state index is -0.517. The molecule has 0 saturated carbocycles. The van der Waals surface area contributed by atoms with Crippen molar-refractivity contribution in [2.24, 2.45) is 0 Å². The highest BCUT2D eigenvalue weighted by Gasteiger charge is 2.14. The van der Waals surface area contributed by atoms with Gasteiger partial charge in [-0.15, -0.1) is 0 Å². The van der Waals surface area contributed by atoms with Crippen molar-refractivity contribution in [3.05, 3.63) is 52.9 Å². The Morgan fingerprint density at radius 1 is 1.28 bits per heavy atom. The van der Waals surface area contributed by atoms with E-state index in [1.165, 1.54) is 18.3 Å². The van der Waals surface area contributed by atoms with Crippen LogP contribution in [0, 0.1) is 17.1 Å². The van der Waals surface area contributed by atoms with Crippen LogP contribution >= 0.6 is 11.6 Å². The largest absolute Gasteiger partial charge is 0.491 e. The Hall–Kier alpha value is -3.12. The summed E-state index contributed by atoms with van der Waals surface area (Å²) < 4.78 is 24.8. The quantitative estimate of drug-likeness (QED) is 0.404. The maximum absolute atomic E-state index is 13.5. The highest BCUT2D eigenvalue weighted by Crippen LogP contribution is 2.35. The second-order valence-electron chi connectivity index (χ2n) is 7.48. The van der Waals surface area contributed by atoms with Gasteiger partial charge in [-0.1, -0.05) is 11.6 Å². The number of pyridine rings is 1. The van der Waals surface area contributed by atoms with E-state index in [9.17, 15) is 9.65 Å². The zero-order valence-electron chi connectivity index (χ0n) is 17.4. The van der Waals surface area contributed by atoms with Crippen LogP contribution in [-0.4, -0.2) is 49.3 Å². The first-order chi connectivity index (χ1) is 15.5. The fourth-order valence-corrected chi connectivity index (χ4v) is 3.77. The van der Waals surface area contributed by atoms with Gasteiger partial charge in [0.05, 0.1) is 47.3 Å². The van der Waals surface area contributed by atoms with E-state index >= 15 is 0 Å². The highest BCUT2D eigenvalue weighted by molar-refractivity contribution is 6.31. The van der Waals surface area contributed by atoms with Crippen molar-refractivity contribution < 1.29 is 13.9 Å². The predicted octanol–water partition coefficient (Wildman–Crippen LogP) is 4.33. The van der Waals surface area contributed by atoms with Crippen LogP contribution in [0.25, 0.3) is 10.9 Å². The molecule has 0 atom stereocenters. The van der Waals surface area contributed by atoms with Crippen LogP contribution < -0.4 is 15.8 Å². The van der Waals surface area contributed by atoms with Gasteiger partial charge in [-0.2, -0.15) is 5.26 Å². The SMILES string of the molecule is N#Cc1cnc2cc(OCCCN3CCOCC3)c(N)cc2c1Nc1ccc(F)c(Cl)c1. The number of aromatic nitrogens is 1. The monoisotopic (exact) mass is 455 g/mol. The summed E-state index contributed by atoms with van der Waals surface area (Å²) >= 11 is 5.89. The third-order valence-electron chi connectivity index (χ3n) is 5.29. The molecule has 0 bridgehead atoms. The van der Waals surface area contributed by atoms with E-state index in [1.54, 1.807) is 18.2 Å². The summed E-state index contributed by atoms with van der Waals surface area (Å²) in [4.78, 5) is 6.73. The number of ether oxygens (including phenoxy) is 2. The van der Waals surface area contributed by atoms with E-state index in [-0.39, 0.29) is 5.02 Å². The first-order valence-electron chi connectivity index (χ1n) is 10.3. The first-order valence-corrected chi connectivity index (χ1v) is 10.7. The second kappa shape index (κ2) is 10.0. The van der Waals surface area contributed by atoms with Gasteiger partial charge in [0.1, 0.15) is 17.6 Å². The van der Waals surface area contributed by atoms with E-state index in [4.69, 9.17) is 26.8 Å². The lowest BCUT2D eigenvalue weighted by molar-refractivity contribution is 0.0358. The van der Waals surface area contributed by atoms with Gasteiger partial charge in [0, 0.05) is 43.0 Å².